The minimum atomic E-state index is -1.39. The Morgan fingerprint density at radius 3 is 2.12 bits per heavy atom. The Balaban J connectivity index is 1.19. The van der Waals surface area contributed by atoms with E-state index in [0.717, 1.165) is 23.3 Å². The normalized spacial score (nSPS) is 18.9. The lowest BCUT2D eigenvalue weighted by molar-refractivity contribution is -0.199. The maximum atomic E-state index is 13.9. The zero-order valence-electron chi connectivity index (χ0n) is 17.8. The van der Waals surface area contributed by atoms with Crippen molar-refractivity contribution in [2.24, 2.45) is 0 Å². The maximum absolute atomic E-state index is 13.9. The lowest BCUT2D eigenvalue weighted by Gasteiger charge is -2.39. The first-order chi connectivity index (χ1) is 15.8. The molecule has 172 valence electrons. The van der Waals surface area contributed by atoms with Crippen molar-refractivity contribution in [3.8, 4) is 0 Å². The van der Waals surface area contributed by atoms with Crippen molar-refractivity contribution in [1.29, 1.82) is 0 Å². The number of nitrogens with one attached hydrogen (secondary N) is 1. The van der Waals surface area contributed by atoms with Gasteiger partial charge in [0.2, 0.25) is 0 Å². The van der Waals surface area contributed by atoms with Gasteiger partial charge >= 0.3 is 6.03 Å². The van der Waals surface area contributed by atoms with Crippen molar-refractivity contribution in [1.82, 2.24) is 9.80 Å². The quantitative estimate of drug-likeness (QED) is 0.746. The molecule has 0 bridgehead atoms. The number of hydrogen-bond acceptors (Lipinski definition) is 4. The van der Waals surface area contributed by atoms with Crippen LogP contribution in [0.5, 0.6) is 0 Å². The number of hydrogen-bond donors (Lipinski definition) is 2. The fourth-order valence-electron chi connectivity index (χ4n) is 4.36. The van der Waals surface area contributed by atoms with E-state index in [1.54, 1.807) is 17.0 Å². The van der Waals surface area contributed by atoms with Crippen LogP contribution in [-0.2, 0) is 22.6 Å². The average molecular weight is 455 g/mol. The topological polar surface area (TPSA) is 82.1 Å². The molecule has 0 aliphatic carbocycles. The predicted molar refractivity (Wildman–Crippen MR) is 116 cm³/mol. The van der Waals surface area contributed by atoms with Gasteiger partial charge in [0, 0.05) is 29.9 Å². The molecule has 7 nitrogen and oxygen atoms in total. The maximum Gasteiger partial charge on any atom is 0.322 e. The number of rotatable bonds is 3. The molecule has 0 radical (unpaired) electrons. The summed E-state index contributed by atoms with van der Waals surface area (Å²) < 4.78 is 32.8. The van der Waals surface area contributed by atoms with Gasteiger partial charge in [-0.15, -0.1) is 0 Å². The number of carbonyl (C=O) groups excluding carboxylic acids is 2. The van der Waals surface area contributed by atoms with Gasteiger partial charge in [0.25, 0.3) is 5.91 Å². The largest absolute Gasteiger partial charge is 0.376 e. The van der Waals surface area contributed by atoms with Crippen LogP contribution in [0.1, 0.15) is 23.1 Å². The van der Waals surface area contributed by atoms with Gasteiger partial charge in [-0.25, -0.2) is 13.6 Å². The highest BCUT2D eigenvalue weighted by molar-refractivity contribution is 5.90. The highest BCUT2D eigenvalue weighted by Crippen LogP contribution is 2.29. The fourth-order valence-corrected chi connectivity index (χ4v) is 4.36. The Hall–Kier alpha value is -3.30. The second-order valence-electron chi connectivity index (χ2n) is 8.60. The van der Waals surface area contributed by atoms with Gasteiger partial charge in [0.05, 0.1) is 26.3 Å². The van der Waals surface area contributed by atoms with Crippen molar-refractivity contribution in [2.75, 3.05) is 31.6 Å². The fraction of sp³-hybridized carbons (Fsp3) is 0.333. The standard InChI is InChI=1S/C24H23F2N3O4/c25-20-5-6-21(26)19-12-29(11-18(19)20)23(31)27-17-3-1-15(2-4-17)16-7-9-28(10-8-16)22(30)24(32)13-33-14-24/h1-7,32H,8-14H2,(H,27,31). The van der Waals surface area contributed by atoms with Crippen LogP contribution in [-0.4, -0.2) is 58.7 Å². The average Bonchev–Trinajstić information content (AvgIpc) is 3.27. The molecule has 5 rings (SSSR count). The van der Waals surface area contributed by atoms with Crippen molar-refractivity contribution < 1.29 is 28.2 Å². The number of amides is 3. The summed E-state index contributed by atoms with van der Waals surface area (Å²) in [5.41, 5.74) is 1.67. The summed E-state index contributed by atoms with van der Waals surface area (Å²) >= 11 is 0. The third kappa shape index (κ3) is 3.98. The molecule has 0 atom stereocenters. The molecule has 9 heteroatoms. The molecule has 3 aliphatic rings. The SMILES string of the molecule is O=C(Nc1ccc(C2=CCN(C(=O)C3(O)COC3)CC2)cc1)N1Cc2c(F)ccc(F)c2C1. The van der Waals surface area contributed by atoms with Crippen LogP contribution in [0.3, 0.4) is 0 Å². The molecule has 3 heterocycles. The van der Waals surface area contributed by atoms with E-state index in [1.165, 1.54) is 4.90 Å². The highest BCUT2D eigenvalue weighted by atomic mass is 19.1. The van der Waals surface area contributed by atoms with Crippen LogP contribution in [0.15, 0.2) is 42.5 Å². The van der Waals surface area contributed by atoms with Gasteiger partial charge in [-0.05, 0) is 41.8 Å². The second kappa shape index (κ2) is 8.24. The number of fused-ring (bicyclic) bond motifs is 1. The van der Waals surface area contributed by atoms with Gasteiger partial charge in [-0.3, -0.25) is 4.79 Å². The number of halogens is 2. The molecule has 3 aliphatic heterocycles. The summed E-state index contributed by atoms with van der Waals surface area (Å²) in [5.74, 6) is -1.32. The molecule has 0 aromatic heterocycles. The number of anilines is 1. The minimum Gasteiger partial charge on any atom is -0.376 e. The first-order valence-electron chi connectivity index (χ1n) is 10.7. The van der Waals surface area contributed by atoms with E-state index in [-0.39, 0.29) is 43.3 Å². The summed E-state index contributed by atoms with van der Waals surface area (Å²) in [4.78, 5) is 28.0. The van der Waals surface area contributed by atoms with Gasteiger partial charge < -0.3 is 25.0 Å². The molecule has 3 amide bonds. The lowest BCUT2D eigenvalue weighted by Crippen LogP contribution is -2.61. The molecule has 33 heavy (non-hydrogen) atoms. The van der Waals surface area contributed by atoms with Gasteiger partial charge in [-0.2, -0.15) is 0 Å². The summed E-state index contributed by atoms with van der Waals surface area (Å²) in [6.07, 6.45) is 2.61. The Labute approximate surface area is 189 Å². The van der Waals surface area contributed by atoms with Crippen molar-refractivity contribution >= 4 is 23.2 Å². The van der Waals surface area contributed by atoms with E-state index in [0.29, 0.717) is 25.2 Å². The lowest BCUT2D eigenvalue weighted by atomic mass is 9.96. The van der Waals surface area contributed by atoms with Crippen LogP contribution in [0.4, 0.5) is 19.3 Å². The van der Waals surface area contributed by atoms with E-state index >= 15 is 0 Å². The monoisotopic (exact) mass is 455 g/mol. The van der Waals surface area contributed by atoms with E-state index in [9.17, 15) is 23.5 Å². The zero-order valence-corrected chi connectivity index (χ0v) is 17.8. The van der Waals surface area contributed by atoms with Crippen molar-refractivity contribution in [3.05, 3.63) is 70.8 Å². The molecule has 1 fully saturated rings. The number of ether oxygens (including phenoxy) is 1. The molecule has 2 aromatic carbocycles. The molecule has 0 unspecified atom stereocenters. The molecule has 1 saturated heterocycles. The Morgan fingerprint density at radius 1 is 0.970 bits per heavy atom. The zero-order chi connectivity index (χ0) is 23.2. The molecular weight excluding hydrogens is 432 g/mol. The highest BCUT2D eigenvalue weighted by Gasteiger charge is 2.46. The van der Waals surface area contributed by atoms with Gasteiger partial charge in [-0.1, -0.05) is 18.2 Å². The predicted octanol–water partition coefficient (Wildman–Crippen LogP) is 2.89. The Bertz CT molecular complexity index is 1110. The third-order valence-electron chi connectivity index (χ3n) is 6.39. The van der Waals surface area contributed by atoms with Crippen molar-refractivity contribution in [3.63, 3.8) is 0 Å². The smallest absolute Gasteiger partial charge is 0.322 e. The number of carbonyl (C=O) groups is 2. The number of nitrogens with zero attached hydrogens (tertiary/aromatic N) is 2. The number of urea groups is 1. The van der Waals surface area contributed by atoms with Crippen LogP contribution in [0.25, 0.3) is 5.57 Å². The van der Waals surface area contributed by atoms with Crippen LogP contribution < -0.4 is 5.32 Å². The van der Waals surface area contributed by atoms with E-state index in [1.807, 2.05) is 18.2 Å². The van der Waals surface area contributed by atoms with Crippen LogP contribution in [0, 0.1) is 11.6 Å². The molecule has 0 saturated carbocycles. The number of benzene rings is 2. The molecule has 2 N–H and O–H groups in total. The number of aliphatic hydroxyl groups is 1. The minimum absolute atomic E-state index is 0.0200. The van der Waals surface area contributed by atoms with E-state index < -0.39 is 23.3 Å². The third-order valence-corrected chi connectivity index (χ3v) is 6.39. The van der Waals surface area contributed by atoms with Gasteiger partial charge in [0.1, 0.15) is 11.6 Å². The van der Waals surface area contributed by atoms with E-state index in [2.05, 4.69) is 5.32 Å². The van der Waals surface area contributed by atoms with Crippen LogP contribution >= 0.6 is 0 Å². The molecular formula is C24H23F2N3O4. The Morgan fingerprint density at radius 2 is 1.61 bits per heavy atom. The summed E-state index contributed by atoms with van der Waals surface area (Å²) in [6.45, 7) is 1.04. The first-order valence-corrected chi connectivity index (χ1v) is 10.7. The molecule has 2 aromatic rings. The molecule has 0 spiro atoms. The summed E-state index contributed by atoms with van der Waals surface area (Å²) in [5, 5.41) is 12.9. The second-order valence-corrected chi connectivity index (χ2v) is 8.60. The van der Waals surface area contributed by atoms with Crippen molar-refractivity contribution in [2.45, 2.75) is 25.1 Å². The summed E-state index contributed by atoms with van der Waals surface area (Å²) in [7, 11) is 0. The summed E-state index contributed by atoms with van der Waals surface area (Å²) in [6, 6.07) is 9.02. The van der Waals surface area contributed by atoms with E-state index in [4.69, 9.17) is 4.74 Å². The van der Waals surface area contributed by atoms with Gasteiger partial charge in [0.15, 0.2) is 5.60 Å². The van der Waals surface area contributed by atoms with Crippen LogP contribution in [0.2, 0.25) is 0 Å². The Kier molecular flexibility index (Phi) is 5.38. The first kappa shape index (κ1) is 21.5.